The van der Waals surface area contributed by atoms with E-state index in [1.807, 2.05) is 23.1 Å². The van der Waals surface area contributed by atoms with Crippen molar-refractivity contribution in [3.63, 3.8) is 0 Å². The lowest BCUT2D eigenvalue weighted by molar-refractivity contribution is 0.0364. The molecule has 1 aliphatic rings. The maximum atomic E-state index is 14.1. The number of benzene rings is 2. The molecule has 0 aliphatic carbocycles. The number of aromatic nitrogens is 2. The van der Waals surface area contributed by atoms with Crippen LogP contribution >= 0.6 is 23.4 Å². The van der Waals surface area contributed by atoms with E-state index in [4.69, 9.17) is 16.4 Å². The van der Waals surface area contributed by atoms with Crippen LogP contribution in [-0.2, 0) is 10.6 Å². The van der Waals surface area contributed by atoms with Crippen molar-refractivity contribution in [1.82, 2.24) is 15.4 Å². The molecule has 0 atom stereocenters. The first-order chi connectivity index (χ1) is 16.5. The first-order valence-corrected chi connectivity index (χ1v) is 12.3. The van der Waals surface area contributed by atoms with Gasteiger partial charge in [-0.05, 0) is 36.8 Å². The Morgan fingerprint density at radius 2 is 1.79 bits per heavy atom. The fourth-order valence-corrected chi connectivity index (χ4v) is 4.63. The molecule has 178 valence electrons. The molecule has 1 fully saturated rings. The van der Waals surface area contributed by atoms with Crippen LogP contribution in [0.4, 0.5) is 15.9 Å². The molecule has 1 saturated heterocycles. The number of anilines is 2. The Kier molecular flexibility index (Phi) is 8.21. The number of piperazine rings is 1. The number of para-hydroxylation sites is 1. The van der Waals surface area contributed by atoms with Crippen molar-refractivity contribution in [2.75, 3.05) is 42.6 Å². The van der Waals surface area contributed by atoms with E-state index in [9.17, 15) is 9.18 Å². The highest BCUT2D eigenvalue weighted by atomic mass is 35.5. The summed E-state index contributed by atoms with van der Waals surface area (Å²) in [6.45, 7) is 5.00. The highest BCUT2D eigenvalue weighted by Gasteiger charge is 2.21. The topological polar surface area (TPSA) is 70.6 Å². The van der Waals surface area contributed by atoms with Crippen molar-refractivity contribution in [1.29, 1.82) is 0 Å². The van der Waals surface area contributed by atoms with Crippen LogP contribution in [0.3, 0.4) is 0 Å². The molecular formula is C24H25ClFN5O2S. The quantitative estimate of drug-likeness (QED) is 0.210. The summed E-state index contributed by atoms with van der Waals surface area (Å²) in [6.07, 6.45) is 0. The van der Waals surface area contributed by atoms with Crippen LogP contribution in [0.15, 0.2) is 59.8 Å². The maximum Gasteiger partial charge on any atom is 0.274 e. The summed E-state index contributed by atoms with van der Waals surface area (Å²) < 4.78 is 14.1. The molecule has 1 aromatic heterocycles. The smallest absolute Gasteiger partial charge is 0.274 e. The van der Waals surface area contributed by atoms with E-state index in [0.717, 1.165) is 11.4 Å². The zero-order valence-electron chi connectivity index (χ0n) is 18.7. The van der Waals surface area contributed by atoms with E-state index < -0.39 is 0 Å². The molecule has 0 saturated carbocycles. The molecule has 2 aromatic carbocycles. The minimum atomic E-state index is -0.279. The van der Waals surface area contributed by atoms with Gasteiger partial charge < -0.3 is 9.80 Å². The lowest BCUT2D eigenvalue weighted by Crippen LogP contribution is -2.47. The van der Waals surface area contributed by atoms with Gasteiger partial charge in [0.2, 0.25) is 0 Å². The largest absolute Gasteiger partial charge is 0.366 e. The van der Waals surface area contributed by atoms with Gasteiger partial charge in [0.1, 0.15) is 16.8 Å². The van der Waals surface area contributed by atoms with Gasteiger partial charge in [-0.1, -0.05) is 47.6 Å². The van der Waals surface area contributed by atoms with Crippen molar-refractivity contribution in [2.24, 2.45) is 0 Å². The second-order valence-corrected chi connectivity index (χ2v) is 8.94. The lowest BCUT2D eigenvalue weighted by Gasteiger charge is -2.36. The highest BCUT2D eigenvalue weighted by Crippen LogP contribution is 2.27. The van der Waals surface area contributed by atoms with Crippen LogP contribution in [-0.4, -0.2) is 48.7 Å². The second kappa shape index (κ2) is 11.5. The number of carbonyl (C=O) groups is 1. The molecule has 0 unspecified atom stereocenters. The van der Waals surface area contributed by atoms with Crippen molar-refractivity contribution >= 4 is 40.8 Å². The number of thioether (sulfide) groups is 1. The molecule has 0 spiro atoms. The average molecular weight is 502 g/mol. The number of amides is 1. The zero-order valence-corrected chi connectivity index (χ0v) is 20.3. The summed E-state index contributed by atoms with van der Waals surface area (Å²) in [7, 11) is 0. The van der Waals surface area contributed by atoms with Gasteiger partial charge in [-0.3, -0.25) is 9.63 Å². The fraction of sp³-hybridized carbons (Fsp3) is 0.292. The van der Waals surface area contributed by atoms with E-state index >= 15 is 0 Å². The number of hydrogen-bond acceptors (Lipinski definition) is 7. The standard InChI is InChI=1S/C24H25ClFN5O2S/c1-2-33-29-23(32)18-9-7-17(8-10-18)16-34-24-27-21(25)15-22(28-24)31-13-11-30(12-14-31)20-6-4-3-5-19(20)26/h3-10,15H,2,11-14,16H2,1H3,(H,29,32). The molecule has 2 heterocycles. The minimum absolute atomic E-state index is 0.206. The van der Waals surface area contributed by atoms with Crippen LogP contribution in [0.5, 0.6) is 0 Å². The molecule has 1 N–H and O–H groups in total. The van der Waals surface area contributed by atoms with Crippen molar-refractivity contribution in [3.05, 3.63) is 76.7 Å². The van der Waals surface area contributed by atoms with E-state index in [1.165, 1.54) is 17.8 Å². The lowest BCUT2D eigenvalue weighted by atomic mass is 10.1. The molecule has 4 rings (SSSR count). The predicted molar refractivity (Wildman–Crippen MR) is 133 cm³/mol. The van der Waals surface area contributed by atoms with Crippen LogP contribution in [0.25, 0.3) is 0 Å². The van der Waals surface area contributed by atoms with Crippen LogP contribution < -0.4 is 15.3 Å². The van der Waals surface area contributed by atoms with Crippen LogP contribution in [0.1, 0.15) is 22.8 Å². The first-order valence-electron chi connectivity index (χ1n) is 11.0. The number of nitrogens with zero attached hydrogens (tertiary/aromatic N) is 4. The number of halogens is 2. The third-order valence-corrected chi connectivity index (χ3v) is 6.46. The maximum absolute atomic E-state index is 14.1. The Balaban J connectivity index is 1.35. The summed E-state index contributed by atoms with van der Waals surface area (Å²) in [6, 6.07) is 15.9. The molecular weight excluding hydrogens is 477 g/mol. The first kappa shape index (κ1) is 24.3. The third-order valence-electron chi connectivity index (χ3n) is 5.35. The Morgan fingerprint density at radius 1 is 1.09 bits per heavy atom. The monoisotopic (exact) mass is 501 g/mol. The zero-order chi connectivity index (χ0) is 23.9. The molecule has 7 nitrogen and oxygen atoms in total. The normalized spacial score (nSPS) is 13.7. The van der Waals surface area contributed by atoms with Crippen LogP contribution in [0.2, 0.25) is 5.15 Å². The van der Waals surface area contributed by atoms with Gasteiger partial charge >= 0.3 is 0 Å². The van der Waals surface area contributed by atoms with Gasteiger partial charge in [0, 0.05) is 43.6 Å². The number of hydrogen-bond donors (Lipinski definition) is 1. The van der Waals surface area contributed by atoms with E-state index in [-0.39, 0.29) is 11.7 Å². The van der Waals surface area contributed by atoms with Gasteiger partial charge in [0.15, 0.2) is 5.16 Å². The highest BCUT2D eigenvalue weighted by molar-refractivity contribution is 7.98. The van der Waals surface area contributed by atoms with Gasteiger partial charge in [0.05, 0.1) is 12.3 Å². The van der Waals surface area contributed by atoms with Crippen molar-refractivity contribution in [3.8, 4) is 0 Å². The molecule has 0 bridgehead atoms. The van der Waals surface area contributed by atoms with E-state index in [2.05, 4.69) is 20.3 Å². The fourth-order valence-electron chi connectivity index (χ4n) is 3.59. The number of rotatable bonds is 8. The summed E-state index contributed by atoms with van der Waals surface area (Å²) in [5.41, 5.74) is 4.56. The van der Waals surface area contributed by atoms with Gasteiger partial charge in [-0.15, -0.1) is 0 Å². The Hall–Kier alpha value is -2.88. The molecule has 3 aromatic rings. The second-order valence-electron chi connectivity index (χ2n) is 7.61. The Morgan fingerprint density at radius 3 is 2.50 bits per heavy atom. The average Bonchev–Trinajstić information content (AvgIpc) is 2.86. The predicted octanol–water partition coefficient (Wildman–Crippen LogP) is 4.57. The van der Waals surface area contributed by atoms with E-state index in [0.29, 0.717) is 60.1 Å². The van der Waals surface area contributed by atoms with E-state index in [1.54, 1.807) is 37.3 Å². The summed E-state index contributed by atoms with van der Waals surface area (Å²) in [4.78, 5) is 30.1. The molecule has 0 radical (unpaired) electrons. The summed E-state index contributed by atoms with van der Waals surface area (Å²) in [5, 5.41) is 0.962. The van der Waals surface area contributed by atoms with Gasteiger partial charge in [-0.25, -0.2) is 19.8 Å². The minimum Gasteiger partial charge on any atom is -0.366 e. The molecule has 34 heavy (non-hydrogen) atoms. The Labute approximate surface area is 207 Å². The SMILES string of the molecule is CCONC(=O)c1ccc(CSc2nc(Cl)cc(N3CCN(c4ccccc4F)CC3)n2)cc1. The molecule has 1 amide bonds. The summed E-state index contributed by atoms with van der Waals surface area (Å²) >= 11 is 7.76. The number of hydroxylamine groups is 1. The number of nitrogens with one attached hydrogen (secondary N) is 1. The molecule has 1 aliphatic heterocycles. The molecule has 10 heteroatoms. The van der Waals surface area contributed by atoms with Crippen LogP contribution in [0, 0.1) is 5.82 Å². The van der Waals surface area contributed by atoms with Gasteiger partial charge in [-0.2, -0.15) is 0 Å². The van der Waals surface area contributed by atoms with Crippen molar-refractivity contribution in [2.45, 2.75) is 17.8 Å². The summed E-state index contributed by atoms with van der Waals surface area (Å²) in [5.74, 6) is 0.911. The van der Waals surface area contributed by atoms with Crippen molar-refractivity contribution < 1.29 is 14.0 Å². The Bertz CT molecular complexity index is 1130. The van der Waals surface area contributed by atoms with Gasteiger partial charge in [0.25, 0.3) is 5.91 Å². The number of carbonyl (C=O) groups excluding carboxylic acids is 1. The third kappa shape index (κ3) is 6.16.